The van der Waals surface area contributed by atoms with Crippen molar-refractivity contribution < 1.29 is 26.2 Å². The van der Waals surface area contributed by atoms with Crippen LogP contribution in [0.3, 0.4) is 0 Å². The van der Waals surface area contributed by atoms with Crippen LogP contribution in [-0.2, 0) is 21.1 Å². The molecular formula is C5H12OW. The van der Waals surface area contributed by atoms with Crippen LogP contribution in [0, 0.1) is 0 Å². The maximum absolute atomic E-state index is 8.83. The standard InChI is InChI=1S/C5H12O.W/c1-4-5(2,3)6;/h6H,4H2,1-3H3;. The van der Waals surface area contributed by atoms with Gasteiger partial charge in [0, 0.05) is 21.1 Å². The fourth-order valence-electron chi connectivity index (χ4n) is 0. The summed E-state index contributed by atoms with van der Waals surface area (Å²) >= 11 is 0. The normalized spacial score (nSPS) is 10.3. The van der Waals surface area contributed by atoms with Gasteiger partial charge < -0.3 is 5.11 Å². The van der Waals surface area contributed by atoms with Crippen LogP contribution in [0.15, 0.2) is 0 Å². The van der Waals surface area contributed by atoms with E-state index in [0.717, 1.165) is 6.42 Å². The maximum atomic E-state index is 8.83. The first-order valence-electron chi connectivity index (χ1n) is 2.28. The van der Waals surface area contributed by atoms with Crippen molar-refractivity contribution in [3.63, 3.8) is 0 Å². The first kappa shape index (κ1) is 10.6. The van der Waals surface area contributed by atoms with Crippen LogP contribution in [0.4, 0.5) is 0 Å². The second-order valence-electron chi connectivity index (χ2n) is 2.17. The van der Waals surface area contributed by atoms with E-state index in [-0.39, 0.29) is 21.1 Å². The molecule has 0 spiro atoms. The van der Waals surface area contributed by atoms with Crippen LogP contribution in [0.25, 0.3) is 0 Å². The molecule has 0 aliphatic rings. The zero-order chi connectivity index (χ0) is 5.21. The summed E-state index contributed by atoms with van der Waals surface area (Å²) in [5.74, 6) is 0. The molecule has 0 fully saturated rings. The Bertz CT molecular complexity index is 37.8. The summed E-state index contributed by atoms with van der Waals surface area (Å²) < 4.78 is 0. The largest absolute Gasteiger partial charge is 0.390 e. The fraction of sp³-hybridized carbons (Fsp3) is 1.00. The Morgan fingerprint density at radius 1 is 1.43 bits per heavy atom. The van der Waals surface area contributed by atoms with Gasteiger partial charge in [0.25, 0.3) is 0 Å². The molecule has 1 nitrogen and oxygen atoms in total. The molecule has 44 valence electrons. The first-order chi connectivity index (χ1) is 2.56. The average molecular weight is 272 g/mol. The van der Waals surface area contributed by atoms with E-state index in [9.17, 15) is 0 Å². The molecule has 0 radical (unpaired) electrons. The Kier molecular flexibility index (Phi) is 5.49. The Labute approximate surface area is 59.4 Å². The van der Waals surface area contributed by atoms with Gasteiger partial charge in [0.15, 0.2) is 0 Å². The first-order valence-corrected chi connectivity index (χ1v) is 2.28. The molecule has 0 unspecified atom stereocenters. The van der Waals surface area contributed by atoms with Crippen molar-refractivity contribution in [2.75, 3.05) is 0 Å². The molecule has 0 saturated heterocycles. The van der Waals surface area contributed by atoms with Gasteiger partial charge in [0.1, 0.15) is 0 Å². The minimum Gasteiger partial charge on any atom is -0.390 e. The summed E-state index contributed by atoms with van der Waals surface area (Å²) in [6.07, 6.45) is 0.826. The van der Waals surface area contributed by atoms with E-state index in [0.29, 0.717) is 0 Å². The monoisotopic (exact) mass is 272 g/mol. The van der Waals surface area contributed by atoms with Gasteiger partial charge in [-0.1, -0.05) is 6.92 Å². The number of rotatable bonds is 1. The Morgan fingerprint density at radius 3 is 1.57 bits per heavy atom. The van der Waals surface area contributed by atoms with E-state index in [4.69, 9.17) is 5.11 Å². The third-order valence-corrected chi connectivity index (χ3v) is 0.865. The molecule has 0 bridgehead atoms. The molecule has 0 aromatic heterocycles. The summed E-state index contributed by atoms with van der Waals surface area (Å²) in [6, 6.07) is 0. The van der Waals surface area contributed by atoms with E-state index in [1.54, 1.807) is 13.8 Å². The van der Waals surface area contributed by atoms with Crippen molar-refractivity contribution in [3.05, 3.63) is 0 Å². The molecule has 0 aliphatic heterocycles. The van der Waals surface area contributed by atoms with Crippen molar-refractivity contribution in [1.29, 1.82) is 0 Å². The molecule has 0 aromatic carbocycles. The molecule has 1 N–H and O–H groups in total. The van der Waals surface area contributed by atoms with Gasteiger partial charge >= 0.3 is 0 Å². The summed E-state index contributed by atoms with van der Waals surface area (Å²) in [5, 5.41) is 8.83. The van der Waals surface area contributed by atoms with Crippen LogP contribution in [0.5, 0.6) is 0 Å². The van der Waals surface area contributed by atoms with Crippen LogP contribution < -0.4 is 0 Å². The van der Waals surface area contributed by atoms with Crippen molar-refractivity contribution >= 4 is 0 Å². The molecule has 7 heavy (non-hydrogen) atoms. The van der Waals surface area contributed by atoms with Crippen LogP contribution in [0.1, 0.15) is 27.2 Å². The summed E-state index contributed by atoms with van der Waals surface area (Å²) in [7, 11) is 0. The topological polar surface area (TPSA) is 20.2 Å². The van der Waals surface area contributed by atoms with E-state index in [1.807, 2.05) is 6.92 Å². The molecule has 0 aliphatic carbocycles. The molecule has 2 heteroatoms. The van der Waals surface area contributed by atoms with Gasteiger partial charge in [0.2, 0.25) is 0 Å². The van der Waals surface area contributed by atoms with Gasteiger partial charge in [-0.3, -0.25) is 0 Å². The second kappa shape index (κ2) is 3.63. The molecular weight excluding hydrogens is 260 g/mol. The van der Waals surface area contributed by atoms with Crippen molar-refractivity contribution in [2.45, 2.75) is 32.8 Å². The predicted octanol–water partition coefficient (Wildman–Crippen LogP) is 1.16. The fourth-order valence-corrected chi connectivity index (χ4v) is 0. The average Bonchev–Trinajstić information content (AvgIpc) is 1.35. The van der Waals surface area contributed by atoms with Crippen LogP contribution >= 0.6 is 0 Å². The second-order valence-corrected chi connectivity index (χ2v) is 2.17. The predicted molar refractivity (Wildman–Crippen MR) is 26.6 cm³/mol. The molecule has 0 saturated carbocycles. The quantitative estimate of drug-likeness (QED) is 0.759. The summed E-state index contributed by atoms with van der Waals surface area (Å²) in [5.41, 5.74) is -0.458. The minimum absolute atomic E-state index is 0. The number of hydrogen-bond acceptors (Lipinski definition) is 1. The SMILES string of the molecule is CCC(C)(C)O.[W]. The number of hydrogen-bond donors (Lipinski definition) is 1. The van der Waals surface area contributed by atoms with Crippen LogP contribution in [-0.4, -0.2) is 10.7 Å². The van der Waals surface area contributed by atoms with E-state index >= 15 is 0 Å². The molecule has 0 amide bonds. The van der Waals surface area contributed by atoms with E-state index in [1.165, 1.54) is 0 Å². The third kappa shape index (κ3) is 10.8. The Hall–Kier alpha value is 0.648. The Balaban J connectivity index is 0. The van der Waals surface area contributed by atoms with Gasteiger partial charge in [-0.05, 0) is 20.3 Å². The Morgan fingerprint density at radius 2 is 1.57 bits per heavy atom. The molecule has 0 rings (SSSR count). The third-order valence-electron chi connectivity index (χ3n) is 0.865. The summed E-state index contributed by atoms with van der Waals surface area (Å²) in [4.78, 5) is 0. The zero-order valence-corrected chi connectivity index (χ0v) is 8.00. The van der Waals surface area contributed by atoms with Gasteiger partial charge in [-0.25, -0.2) is 0 Å². The van der Waals surface area contributed by atoms with E-state index < -0.39 is 5.60 Å². The molecule has 0 atom stereocenters. The smallest absolute Gasteiger partial charge is 0.0589 e. The summed E-state index contributed by atoms with van der Waals surface area (Å²) in [6.45, 7) is 5.56. The maximum Gasteiger partial charge on any atom is 0.0589 e. The zero-order valence-electron chi connectivity index (χ0n) is 5.06. The van der Waals surface area contributed by atoms with Gasteiger partial charge in [0.05, 0.1) is 5.60 Å². The van der Waals surface area contributed by atoms with Gasteiger partial charge in [-0.2, -0.15) is 0 Å². The van der Waals surface area contributed by atoms with E-state index in [2.05, 4.69) is 0 Å². The van der Waals surface area contributed by atoms with Gasteiger partial charge in [-0.15, -0.1) is 0 Å². The van der Waals surface area contributed by atoms with Crippen molar-refractivity contribution in [2.24, 2.45) is 0 Å². The van der Waals surface area contributed by atoms with Crippen molar-refractivity contribution in [3.8, 4) is 0 Å². The number of aliphatic hydroxyl groups is 1. The minimum atomic E-state index is -0.458. The molecule has 0 aromatic rings. The molecule has 0 heterocycles. The van der Waals surface area contributed by atoms with Crippen molar-refractivity contribution in [1.82, 2.24) is 0 Å². The van der Waals surface area contributed by atoms with Crippen LogP contribution in [0.2, 0.25) is 0 Å².